The molecule has 1 heterocycles. The van der Waals surface area contributed by atoms with Gasteiger partial charge in [0.15, 0.2) is 0 Å². The molecule has 0 aliphatic carbocycles. The highest BCUT2D eigenvalue weighted by atomic mass is 32.1. The maximum absolute atomic E-state index is 4.57. The molecule has 23 heavy (non-hydrogen) atoms. The van der Waals surface area contributed by atoms with Gasteiger partial charge >= 0.3 is 0 Å². The van der Waals surface area contributed by atoms with E-state index in [1.807, 2.05) is 11.3 Å². The van der Waals surface area contributed by atoms with Crippen LogP contribution in [0.1, 0.15) is 5.56 Å². The molecule has 0 nitrogen and oxygen atoms in total. The van der Waals surface area contributed by atoms with Gasteiger partial charge in [0.2, 0.25) is 0 Å². The van der Waals surface area contributed by atoms with Gasteiger partial charge in [-0.05, 0) is 64.4 Å². The first kappa shape index (κ1) is 13.4. The molecule has 0 saturated heterocycles. The monoisotopic (exact) mass is 330 g/mol. The molecule has 110 valence electrons. The maximum atomic E-state index is 4.57. The van der Waals surface area contributed by atoms with Gasteiger partial charge in [-0.2, -0.15) is 0 Å². The molecule has 0 saturated carbocycles. The van der Waals surface area contributed by atoms with Crippen LogP contribution in [0.4, 0.5) is 0 Å². The maximum Gasteiger partial charge on any atom is 0.0361 e. The van der Waals surface area contributed by atoms with Crippen LogP contribution in [0.2, 0.25) is 0 Å². The average Bonchev–Trinajstić information content (AvgIpc) is 2.88. The van der Waals surface area contributed by atoms with Crippen molar-refractivity contribution in [2.45, 2.75) is 11.8 Å². The highest BCUT2D eigenvalue weighted by molar-refractivity contribution is 7.80. The molecule has 0 amide bonds. The molecule has 4 aromatic carbocycles. The van der Waals surface area contributed by atoms with Crippen LogP contribution in [0.25, 0.3) is 41.7 Å². The highest BCUT2D eigenvalue weighted by Crippen LogP contribution is 2.39. The SMILES string of the molecule is Cc1cc2cc3c(cc2cc1S)sc1cc2ccccc2cc13. The van der Waals surface area contributed by atoms with Crippen LogP contribution in [-0.4, -0.2) is 0 Å². The summed E-state index contributed by atoms with van der Waals surface area (Å²) in [6, 6.07) is 22.3. The van der Waals surface area contributed by atoms with E-state index in [1.54, 1.807) is 0 Å². The molecule has 0 bridgehead atoms. The Morgan fingerprint density at radius 2 is 1.26 bits per heavy atom. The van der Waals surface area contributed by atoms with Crippen LogP contribution in [0, 0.1) is 6.92 Å². The van der Waals surface area contributed by atoms with Gasteiger partial charge in [-0.3, -0.25) is 0 Å². The lowest BCUT2D eigenvalue weighted by Crippen LogP contribution is -1.79. The highest BCUT2D eigenvalue weighted by Gasteiger charge is 2.09. The van der Waals surface area contributed by atoms with E-state index in [1.165, 1.54) is 47.3 Å². The number of benzene rings is 4. The summed E-state index contributed by atoms with van der Waals surface area (Å²) in [6.45, 7) is 2.12. The number of rotatable bonds is 0. The molecule has 0 aliphatic rings. The van der Waals surface area contributed by atoms with Gasteiger partial charge in [-0.15, -0.1) is 24.0 Å². The number of hydrogen-bond acceptors (Lipinski definition) is 2. The second kappa shape index (κ2) is 4.73. The molecule has 0 spiro atoms. The van der Waals surface area contributed by atoms with Gasteiger partial charge < -0.3 is 0 Å². The van der Waals surface area contributed by atoms with Gasteiger partial charge in [0.1, 0.15) is 0 Å². The van der Waals surface area contributed by atoms with Crippen molar-refractivity contribution < 1.29 is 0 Å². The van der Waals surface area contributed by atoms with Crippen molar-refractivity contribution in [1.82, 2.24) is 0 Å². The van der Waals surface area contributed by atoms with Crippen LogP contribution in [0.5, 0.6) is 0 Å². The topological polar surface area (TPSA) is 0 Å². The van der Waals surface area contributed by atoms with Crippen LogP contribution in [0.15, 0.2) is 65.6 Å². The van der Waals surface area contributed by atoms with Crippen molar-refractivity contribution in [1.29, 1.82) is 0 Å². The largest absolute Gasteiger partial charge is 0.143 e. The van der Waals surface area contributed by atoms with Crippen LogP contribution < -0.4 is 0 Å². The Labute approximate surface area is 143 Å². The molecule has 0 atom stereocenters. The molecular formula is C21H14S2. The minimum absolute atomic E-state index is 1.06. The van der Waals surface area contributed by atoms with E-state index in [0.29, 0.717) is 0 Å². The van der Waals surface area contributed by atoms with Gasteiger partial charge in [0.25, 0.3) is 0 Å². The molecule has 2 heteroatoms. The Balaban J connectivity index is 1.96. The van der Waals surface area contributed by atoms with E-state index in [2.05, 4.69) is 80.2 Å². The summed E-state index contributed by atoms with van der Waals surface area (Å²) in [5.74, 6) is 0. The molecule has 5 aromatic rings. The van der Waals surface area contributed by atoms with Crippen molar-refractivity contribution in [2.75, 3.05) is 0 Å². The Kier molecular flexibility index (Phi) is 2.76. The van der Waals surface area contributed by atoms with Crippen molar-refractivity contribution in [3.63, 3.8) is 0 Å². The van der Waals surface area contributed by atoms with E-state index in [-0.39, 0.29) is 0 Å². The fourth-order valence-corrected chi connectivity index (χ4v) is 4.73. The fraction of sp³-hybridized carbons (Fsp3) is 0.0476. The van der Waals surface area contributed by atoms with Crippen molar-refractivity contribution >= 4 is 65.7 Å². The second-order valence-electron chi connectivity index (χ2n) is 6.13. The van der Waals surface area contributed by atoms with Gasteiger partial charge in [-0.1, -0.05) is 30.3 Å². The van der Waals surface area contributed by atoms with E-state index in [9.17, 15) is 0 Å². The third kappa shape index (κ3) is 1.99. The van der Waals surface area contributed by atoms with E-state index >= 15 is 0 Å². The summed E-state index contributed by atoms with van der Waals surface area (Å²) >= 11 is 6.44. The lowest BCUT2D eigenvalue weighted by molar-refractivity contribution is 1.34. The van der Waals surface area contributed by atoms with Gasteiger partial charge in [0.05, 0.1) is 0 Å². The second-order valence-corrected chi connectivity index (χ2v) is 7.70. The normalized spacial score (nSPS) is 11.9. The zero-order chi connectivity index (χ0) is 15.6. The Bertz CT molecular complexity index is 1230. The Morgan fingerprint density at radius 1 is 0.696 bits per heavy atom. The quantitative estimate of drug-likeness (QED) is 0.292. The number of thiophene rings is 1. The first-order valence-corrected chi connectivity index (χ1v) is 8.94. The van der Waals surface area contributed by atoms with Gasteiger partial charge in [0, 0.05) is 25.1 Å². The van der Waals surface area contributed by atoms with Crippen molar-refractivity contribution in [3.05, 3.63) is 66.2 Å². The molecule has 1 aromatic heterocycles. The molecule has 0 N–H and O–H groups in total. The molecule has 0 fully saturated rings. The number of aryl methyl sites for hydroxylation is 1. The van der Waals surface area contributed by atoms with Crippen molar-refractivity contribution in [3.8, 4) is 0 Å². The third-order valence-electron chi connectivity index (χ3n) is 4.61. The summed E-state index contributed by atoms with van der Waals surface area (Å²) in [4.78, 5) is 1.06. The Hall–Kier alpha value is -2.03. The van der Waals surface area contributed by atoms with E-state index in [0.717, 1.165) is 4.90 Å². The standard InChI is InChI=1S/C21H14S2/c1-12-6-15-8-18-17-7-13-4-2-3-5-14(13)10-20(17)23-21(18)11-16(15)9-19(12)22/h2-11,22H,1H3. The summed E-state index contributed by atoms with van der Waals surface area (Å²) in [5, 5.41) is 7.89. The predicted molar refractivity (Wildman–Crippen MR) is 106 cm³/mol. The lowest BCUT2D eigenvalue weighted by Gasteiger charge is -2.04. The summed E-state index contributed by atoms with van der Waals surface area (Å²) in [7, 11) is 0. The molecule has 5 rings (SSSR count). The summed E-state index contributed by atoms with van der Waals surface area (Å²) in [6.07, 6.45) is 0. The van der Waals surface area contributed by atoms with E-state index in [4.69, 9.17) is 0 Å². The molecule has 0 unspecified atom stereocenters. The van der Waals surface area contributed by atoms with Crippen LogP contribution >= 0.6 is 24.0 Å². The molecule has 0 radical (unpaired) electrons. The minimum Gasteiger partial charge on any atom is -0.143 e. The smallest absolute Gasteiger partial charge is 0.0361 e. The van der Waals surface area contributed by atoms with Gasteiger partial charge in [-0.25, -0.2) is 0 Å². The average molecular weight is 330 g/mol. The first-order chi connectivity index (χ1) is 11.2. The lowest BCUT2D eigenvalue weighted by atomic mass is 10.0. The van der Waals surface area contributed by atoms with Crippen LogP contribution in [0.3, 0.4) is 0 Å². The third-order valence-corrected chi connectivity index (χ3v) is 6.21. The molecule has 0 aliphatic heterocycles. The number of hydrogen-bond donors (Lipinski definition) is 1. The Morgan fingerprint density at radius 3 is 2.00 bits per heavy atom. The molecular weight excluding hydrogens is 316 g/mol. The minimum atomic E-state index is 1.06. The number of fused-ring (bicyclic) bond motifs is 5. The zero-order valence-corrected chi connectivity index (χ0v) is 14.3. The van der Waals surface area contributed by atoms with E-state index < -0.39 is 0 Å². The summed E-state index contributed by atoms with van der Waals surface area (Å²) in [5.41, 5.74) is 1.23. The fourth-order valence-electron chi connectivity index (χ4n) is 3.36. The number of thiol groups is 1. The summed E-state index contributed by atoms with van der Waals surface area (Å²) < 4.78 is 2.70. The predicted octanol–water partition coefficient (Wildman–Crippen LogP) is 6.96. The van der Waals surface area contributed by atoms with Crippen LogP contribution in [-0.2, 0) is 0 Å². The first-order valence-electron chi connectivity index (χ1n) is 7.67. The van der Waals surface area contributed by atoms with Crippen molar-refractivity contribution in [2.24, 2.45) is 0 Å². The zero-order valence-electron chi connectivity index (χ0n) is 12.6.